The summed E-state index contributed by atoms with van der Waals surface area (Å²) in [5.74, 6) is -0.928. The molecule has 2 aromatic rings. The molecule has 3 rings (SSSR count). The van der Waals surface area contributed by atoms with Gasteiger partial charge in [-0.05, 0) is 64.0 Å². The van der Waals surface area contributed by atoms with Gasteiger partial charge < -0.3 is 9.84 Å². The molecule has 0 radical (unpaired) electrons. The van der Waals surface area contributed by atoms with Gasteiger partial charge in [0.05, 0.1) is 17.3 Å². The van der Waals surface area contributed by atoms with Gasteiger partial charge in [0.25, 0.3) is 11.8 Å². The highest BCUT2D eigenvalue weighted by atomic mass is 79.9. The minimum atomic E-state index is -0.825. The molecule has 2 aromatic carbocycles. The Morgan fingerprint density at radius 1 is 1.12 bits per heavy atom. The van der Waals surface area contributed by atoms with Crippen LogP contribution in [0.4, 0.5) is 10.5 Å². The number of hydrogen-bond donors (Lipinski definition) is 2. The van der Waals surface area contributed by atoms with Crippen LogP contribution >= 0.6 is 15.9 Å². The number of ether oxygens (including phenoxy) is 1. The van der Waals surface area contributed by atoms with Gasteiger partial charge in [-0.1, -0.05) is 6.07 Å². The normalized spacial score (nSPS) is 16.0. The Morgan fingerprint density at radius 3 is 2.42 bits per heavy atom. The molecule has 1 fully saturated rings. The average molecular weight is 417 g/mol. The molecule has 2 N–H and O–H groups in total. The third-order valence-corrected chi connectivity index (χ3v) is 4.35. The number of rotatable bonds is 3. The molecule has 0 unspecified atom stereocenters. The highest BCUT2D eigenvalue weighted by Gasteiger charge is 2.36. The predicted octanol–water partition coefficient (Wildman–Crippen LogP) is 2.83. The summed E-state index contributed by atoms with van der Waals surface area (Å²) in [4.78, 5) is 37.9. The van der Waals surface area contributed by atoms with Crippen LogP contribution in [0, 0.1) is 0 Å². The number of urea groups is 1. The highest BCUT2D eigenvalue weighted by Crippen LogP contribution is 2.27. The number of nitrogens with one attached hydrogen (secondary N) is 1. The summed E-state index contributed by atoms with van der Waals surface area (Å²) in [5, 5.41) is 11.7. The van der Waals surface area contributed by atoms with Crippen LogP contribution in [0.5, 0.6) is 11.5 Å². The Bertz CT molecular complexity index is 937. The van der Waals surface area contributed by atoms with Crippen LogP contribution in [0.15, 0.2) is 52.5 Å². The summed E-state index contributed by atoms with van der Waals surface area (Å²) in [5.41, 5.74) is 0.619. The topological polar surface area (TPSA) is 95.9 Å². The summed E-state index contributed by atoms with van der Waals surface area (Å²) in [6, 6.07) is 9.99. The molecule has 7 nitrogen and oxygen atoms in total. The molecule has 0 bridgehead atoms. The zero-order chi connectivity index (χ0) is 18.8. The number of benzene rings is 2. The maximum absolute atomic E-state index is 12.7. The summed E-state index contributed by atoms with van der Waals surface area (Å²) in [7, 11) is 1.50. The van der Waals surface area contributed by atoms with E-state index < -0.39 is 17.8 Å². The zero-order valence-corrected chi connectivity index (χ0v) is 15.1. The fraction of sp³-hybridized carbons (Fsp3) is 0.0556. The van der Waals surface area contributed by atoms with Crippen LogP contribution in [0.1, 0.15) is 5.56 Å². The molecule has 0 saturated carbocycles. The van der Waals surface area contributed by atoms with Crippen molar-refractivity contribution < 1.29 is 24.2 Å². The standard InChI is InChI=1S/C18H13BrN2O5/c1-26-12-5-3-11(4-6-12)21-17(24)13(16(23)20-18(21)25)8-10-2-7-15(22)14(19)9-10/h2-9,22H,1H3,(H,20,23,25). The van der Waals surface area contributed by atoms with Gasteiger partial charge in [0.1, 0.15) is 17.1 Å². The summed E-state index contributed by atoms with van der Waals surface area (Å²) in [6.45, 7) is 0. The van der Waals surface area contributed by atoms with Crippen LogP contribution in [-0.2, 0) is 9.59 Å². The predicted molar refractivity (Wildman–Crippen MR) is 97.8 cm³/mol. The van der Waals surface area contributed by atoms with Crippen molar-refractivity contribution in [2.24, 2.45) is 0 Å². The first-order chi connectivity index (χ1) is 12.4. The zero-order valence-electron chi connectivity index (χ0n) is 13.5. The number of methoxy groups -OCH3 is 1. The van der Waals surface area contributed by atoms with Crippen molar-refractivity contribution in [2.75, 3.05) is 12.0 Å². The Morgan fingerprint density at radius 2 is 1.81 bits per heavy atom. The third kappa shape index (κ3) is 3.31. The fourth-order valence-electron chi connectivity index (χ4n) is 2.40. The Kier molecular flexibility index (Phi) is 4.77. The SMILES string of the molecule is COc1ccc(N2C(=O)NC(=O)C(=Cc3ccc(O)c(Br)c3)C2=O)cc1. The van der Waals surface area contributed by atoms with E-state index in [0.717, 1.165) is 4.90 Å². The van der Waals surface area contributed by atoms with E-state index in [2.05, 4.69) is 21.2 Å². The van der Waals surface area contributed by atoms with E-state index in [4.69, 9.17) is 4.74 Å². The van der Waals surface area contributed by atoms with Crippen LogP contribution in [0.2, 0.25) is 0 Å². The first-order valence-corrected chi connectivity index (χ1v) is 8.24. The quantitative estimate of drug-likeness (QED) is 0.592. The molecular weight excluding hydrogens is 404 g/mol. The van der Waals surface area contributed by atoms with E-state index in [9.17, 15) is 19.5 Å². The van der Waals surface area contributed by atoms with Crippen molar-refractivity contribution in [3.63, 3.8) is 0 Å². The van der Waals surface area contributed by atoms with E-state index in [1.54, 1.807) is 36.4 Å². The van der Waals surface area contributed by atoms with Gasteiger partial charge >= 0.3 is 6.03 Å². The molecule has 132 valence electrons. The van der Waals surface area contributed by atoms with E-state index >= 15 is 0 Å². The fourth-order valence-corrected chi connectivity index (χ4v) is 2.80. The van der Waals surface area contributed by atoms with E-state index in [1.807, 2.05) is 0 Å². The van der Waals surface area contributed by atoms with Crippen molar-refractivity contribution in [3.05, 3.63) is 58.1 Å². The molecule has 1 aliphatic rings. The monoisotopic (exact) mass is 416 g/mol. The second kappa shape index (κ2) is 7.01. The number of aromatic hydroxyl groups is 1. The van der Waals surface area contributed by atoms with Crippen LogP contribution < -0.4 is 15.0 Å². The number of carbonyl (C=O) groups is 3. The summed E-state index contributed by atoms with van der Waals surface area (Å²) < 4.78 is 5.47. The Labute approximate surface area is 157 Å². The number of phenols is 1. The van der Waals surface area contributed by atoms with Gasteiger partial charge in [-0.25, -0.2) is 9.69 Å². The Hall–Kier alpha value is -3.13. The summed E-state index contributed by atoms with van der Waals surface area (Å²) >= 11 is 3.17. The smallest absolute Gasteiger partial charge is 0.335 e. The van der Waals surface area contributed by atoms with Crippen LogP contribution in [0.3, 0.4) is 0 Å². The molecule has 1 saturated heterocycles. The molecule has 0 aromatic heterocycles. The lowest BCUT2D eigenvalue weighted by Gasteiger charge is -2.26. The van der Waals surface area contributed by atoms with E-state index in [1.165, 1.54) is 19.3 Å². The van der Waals surface area contributed by atoms with Crippen LogP contribution in [-0.4, -0.2) is 30.1 Å². The van der Waals surface area contributed by atoms with Gasteiger partial charge in [-0.2, -0.15) is 0 Å². The highest BCUT2D eigenvalue weighted by molar-refractivity contribution is 9.10. The first kappa shape index (κ1) is 17.7. The lowest BCUT2D eigenvalue weighted by Crippen LogP contribution is -2.54. The van der Waals surface area contributed by atoms with Gasteiger partial charge in [0.2, 0.25) is 0 Å². The molecule has 8 heteroatoms. The van der Waals surface area contributed by atoms with Crippen molar-refractivity contribution >= 4 is 45.5 Å². The molecule has 26 heavy (non-hydrogen) atoms. The van der Waals surface area contributed by atoms with E-state index in [0.29, 0.717) is 21.5 Å². The van der Waals surface area contributed by atoms with Gasteiger partial charge in [-0.15, -0.1) is 0 Å². The number of anilines is 1. The third-order valence-electron chi connectivity index (χ3n) is 3.72. The maximum atomic E-state index is 12.7. The molecule has 4 amide bonds. The number of barbiturate groups is 1. The van der Waals surface area contributed by atoms with Crippen molar-refractivity contribution in [1.82, 2.24) is 5.32 Å². The molecule has 1 aliphatic heterocycles. The van der Waals surface area contributed by atoms with Crippen LogP contribution in [0.25, 0.3) is 6.08 Å². The van der Waals surface area contributed by atoms with Gasteiger partial charge in [0, 0.05) is 0 Å². The summed E-state index contributed by atoms with van der Waals surface area (Å²) in [6.07, 6.45) is 1.35. The van der Waals surface area contributed by atoms with Crippen molar-refractivity contribution in [1.29, 1.82) is 0 Å². The molecule has 0 spiro atoms. The average Bonchev–Trinajstić information content (AvgIpc) is 2.62. The second-order valence-electron chi connectivity index (χ2n) is 5.37. The number of imide groups is 2. The minimum Gasteiger partial charge on any atom is -0.507 e. The molecule has 0 atom stereocenters. The lowest BCUT2D eigenvalue weighted by molar-refractivity contribution is -0.122. The maximum Gasteiger partial charge on any atom is 0.335 e. The number of phenolic OH excluding ortho intramolecular Hbond substituents is 1. The van der Waals surface area contributed by atoms with Gasteiger partial charge in [-0.3, -0.25) is 14.9 Å². The number of hydrogen-bond acceptors (Lipinski definition) is 5. The largest absolute Gasteiger partial charge is 0.507 e. The number of carbonyl (C=O) groups excluding carboxylic acids is 3. The van der Waals surface area contributed by atoms with E-state index in [-0.39, 0.29) is 11.3 Å². The second-order valence-corrected chi connectivity index (χ2v) is 6.22. The first-order valence-electron chi connectivity index (χ1n) is 7.44. The number of amides is 4. The molecular formula is C18H13BrN2O5. The minimum absolute atomic E-state index is 0.0293. The number of nitrogens with zero attached hydrogens (tertiary/aromatic N) is 1. The van der Waals surface area contributed by atoms with Crippen molar-refractivity contribution in [3.8, 4) is 11.5 Å². The molecule has 0 aliphatic carbocycles. The Balaban J connectivity index is 1.99. The van der Waals surface area contributed by atoms with Gasteiger partial charge in [0.15, 0.2) is 0 Å². The number of halogens is 1. The molecule has 1 heterocycles. The van der Waals surface area contributed by atoms with Crippen molar-refractivity contribution in [2.45, 2.75) is 0 Å². The lowest BCUT2D eigenvalue weighted by atomic mass is 10.1.